The molecule has 0 saturated heterocycles. The molecule has 0 amide bonds. The van der Waals surface area contributed by atoms with Crippen molar-refractivity contribution in [2.24, 2.45) is 0 Å². The van der Waals surface area contributed by atoms with Crippen LogP contribution >= 0.6 is 11.3 Å². The van der Waals surface area contributed by atoms with Crippen LogP contribution in [0.5, 0.6) is 0 Å². The summed E-state index contributed by atoms with van der Waals surface area (Å²) < 4.78 is 0. The number of nitrogens with one attached hydrogen (secondary N) is 1. The molecule has 0 aromatic carbocycles. The van der Waals surface area contributed by atoms with Crippen molar-refractivity contribution in [3.8, 4) is 0 Å². The van der Waals surface area contributed by atoms with Gasteiger partial charge in [0.05, 0.1) is 10.6 Å². The largest absolute Gasteiger partial charge is 0.477 e. The number of carbonyl (C=O) groups is 1. The van der Waals surface area contributed by atoms with E-state index in [4.69, 9.17) is 5.11 Å². The maximum Gasteiger partial charge on any atom is 0.354 e. The fourth-order valence-electron chi connectivity index (χ4n) is 1.52. The summed E-state index contributed by atoms with van der Waals surface area (Å²) >= 11 is 1.28. The second-order valence-electron chi connectivity index (χ2n) is 4.48. The Labute approximate surface area is 123 Å². The van der Waals surface area contributed by atoms with Gasteiger partial charge in [-0.25, -0.2) is 14.8 Å². The fraction of sp³-hybridized carbons (Fsp3) is 0.250. The van der Waals surface area contributed by atoms with E-state index in [0.29, 0.717) is 5.13 Å². The van der Waals surface area contributed by atoms with Crippen LogP contribution in [0.15, 0.2) is 17.5 Å². The summed E-state index contributed by atoms with van der Waals surface area (Å²) in [6, 6.07) is 2.20. The number of anilines is 2. The molecule has 0 aliphatic heterocycles. The van der Waals surface area contributed by atoms with Gasteiger partial charge in [-0.1, -0.05) is 13.8 Å². The summed E-state index contributed by atoms with van der Waals surface area (Å²) in [6.07, 6.45) is 0. The number of carboxylic acids is 1. The fourth-order valence-corrected chi connectivity index (χ4v) is 2.39. The molecule has 21 heavy (non-hydrogen) atoms. The molecular formula is C12H12N4O4S. The van der Waals surface area contributed by atoms with Crippen molar-refractivity contribution in [1.82, 2.24) is 9.97 Å². The normalized spacial score (nSPS) is 10.6. The Morgan fingerprint density at radius 2 is 2.14 bits per heavy atom. The van der Waals surface area contributed by atoms with Gasteiger partial charge in [-0.05, 0) is 12.0 Å². The number of carboxylic acid groups (broad SMARTS) is 1. The van der Waals surface area contributed by atoms with Crippen LogP contribution in [-0.4, -0.2) is 26.0 Å². The van der Waals surface area contributed by atoms with Crippen molar-refractivity contribution < 1.29 is 14.8 Å². The van der Waals surface area contributed by atoms with E-state index in [1.165, 1.54) is 11.3 Å². The first kappa shape index (κ1) is 14.9. The molecule has 0 fully saturated rings. The van der Waals surface area contributed by atoms with Gasteiger partial charge in [0.15, 0.2) is 10.8 Å². The molecule has 2 aromatic heterocycles. The van der Waals surface area contributed by atoms with Gasteiger partial charge in [-0.3, -0.25) is 10.1 Å². The summed E-state index contributed by atoms with van der Waals surface area (Å²) in [4.78, 5) is 29.3. The molecule has 0 atom stereocenters. The van der Waals surface area contributed by atoms with E-state index in [1.807, 2.05) is 19.2 Å². The van der Waals surface area contributed by atoms with Crippen LogP contribution in [0.3, 0.4) is 0 Å². The Hall–Kier alpha value is -2.55. The topological polar surface area (TPSA) is 118 Å². The number of rotatable bonds is 5. The molecular weight excluding hydrogens is 296 g/mol. The molecule has 0 saturated carbocycles. The second-order valence-corrected chi connectivity index (χ2v) is 5.34. The second kappa shape index (κ2) is 5.83. The van der Waals surface area contributed by atoms with Gasteiger partial charge in [0.1, 0.15) is 0 Å². The number of pyridine rings is 1. The van der Waals surface area contributed by atoms with Crippen molar-refractivity contribution in [1.29, 1.82) is 0 Å². The van der Waals surface area contributed by atoms with Crippen LogP contribution in [0.25, 0.3) is 0 Å². The average Bonchev–Trinajstić information content (AvgIpc) is 2.87. The molecule has 0 unspecified atom stereocenters. The molecule has 0 aliphatic rings. The SMILES string of the molecule is CC(C)c1csc(Nc2nc(C(=O)O)ccc2[N+](=O)[O-])n1. The smallest absolute Gasteiger partial charge is 0.354 e. The van der Waals surface area contributed by atoms with Crippen molar-refractivity contribution in [2.45, 2.75) is 19.8 Å². The number of aromatic carboxylic acids is 1. The highest BCUT2D eigenvalue weighted by molar-refractivity contribution is 7.13. The van der Waals surface area contributed by atoms with Crippen LogP contribution in [0, 0.1) is 10.1 Å². The molecule has 0 spiro atoms. The molecule has 2 N–H and O–H groups in total. The predicted octanol–water partition coefficient (Wildman–Crippen LogP) is 3.01. The van der Waals surface area contributed by atoms with Gasteiger partial charge >= 0.3 is 11.7 Å². The van der Waals surface area contributed by atoms with Crippen LogP contribution in [0.2, 0.25) is 0 Å². The average molecular weight is 308 g/mol. The van der Waals surface area contributed by atoms with Crippen LogP contribution in [-0.2, 0) is 0 Å². The monoisotopic (exact) mass is 308 g/mol. The standard InChI is InChI=1S/C12H12N4O4S/c1-6(2)8-5-21-12(14-8)15-10-9(16(19)20)4-3-7(13-10)11(17)18/h3-6H,1-2H3,(H,17,18)(H,13,14,15). The Morgan fingerprint density at radius 1 is 1.43 bits per heavy atom. The summed E-state index contributed by atoms with van der Waals surface area (Å²) in [7, 11) is 0. The molecule has 0 aliphatic carbocycles. The summed E-state index contributed by atoms with van der Waals surface area (Å²) in [6.45, 7) is 3.95. The number of hydrogen-bond donors (Lipinski definition) is 2. The van der Waals surface area contributed by atoms with Gasteiger partial charge < -0.3 is 10.4 Å². The van der Waals surface area contributed by atoms with Crippen molar-refractivity contribution in [3.05, 3.63) is 39.0 Å². The molecule has 2 heterocycles. The highest BCUT2D eigenvalue weighted by Crippen LogP contribution is 2.29. The minimum Gasteiger partial charge on any atom is -0.477 e. The number of thiazole rings is 1. The minimum atomic E-state index is -1.25. The first-order chi connectivity index (χ1) is 9.88. The molecule has 9 heteroatoms. The Morgan fingerprint density at radius 3 is 2.67 bits per heavy atom. The van der Waals surface area contributed by atoms with Gasteiger partial charge in [0.25, 0.3) is 0 Å². The van der Waals surface area contributed by atoms with E-state index < -0.39 is 10.9 Å². The van der Waals surface area contributed by atoms with Gasteiger partial charge in [-0.15, -0.1) is 11.3 Å². The molecule has 0 bridgehead atoms. The van der Waals surface area contributed by atoms with Crippen molar-refractivity contribution in [3.63, 3.8) is 0 Å². The highest BCUT2D eigenvalue weighted by atomic mass is 32.1. The first-order valence-corrected chi connectivity index (χ1v) is 6.87. The Bertz CT molecular complexity index is 698. The lowest BCUT2D eigenvalue weighted by atomic mass is 10.2. The number of nitrogens with zero attached hydrogens (tertiary/aromatic N) is 3. The summed E-state index contributed by atoms with van der Waals surface area (Å²) in [5.74, 6) is -1.16. The van der Waals surface area contributed by atoms with E-state index in [2.05, 4.69) is 15.3 Å². The minimum absolute atomic E-state index is 0.135. The lowest BCUT2D eigenvalue weighted by Gasteiger charge is -2.04. The zero-order valence-electron chi connectivity index (χ0n) is 11.2. The van der Waals surface area contributed by atoms with Gasteiger partial charge in [-0.2, -0.15) is 0 Å². The quantitative estimate of drug-likeness (QED) is 0.643. The highest BCUT2D eigenvalue weighted by Gasteiger charge is 2.19. The number of aromatic nitrogens is 2. The maximum absolute atomic E-state index is 11.0. The van der Waals surface area contributed by atoms with E-state index in [0.717, 1.165) is 17.8 Å². The third-order valence-corrected chi connectivity index (χ3v) is 3.40. The van der Waals surface area contributed by atoms with Crippen LogP contribution < -0.4 is 5.32 Å². The summed E-state index contributed by atoms with van der Waals surface area (Å²) in [5.41, 5.74) is 0.268. The predicted molar refractivity (Wildman–Crippen MR) is 77.3 cm³/mol. The molecule has 2 aromatic rings. The van der Waals surface area contributed by atoms with Gasteiger partial charge in [0, 0.05) is 11.4 Å². The number of nitro groups is 1. The maximum atomic E-state index is 11.0. The van der Waals surface area contributed by atoms with Crippen LogP contribution in [0.1, 0.15) is 35.9 Å². The van der Waals surface area contributed by atoms with Crippen molar-refractivity contribution in [2.75, 3.05) is 5.32 Å². The lowest BCUT2D eigenvalue weighted by molar-refractivity contribution is -0.384. The molecule has 0 radical (unpaired) electrons. The van der Waals surface area contributed by atoms with E-state index in [-0.39, 0.29) is 23.1 Å². The summed E-state index contributed by atoms with van der Waals surface area (Å²) in [5, 5.41) is 24.9. The van der Waals surface area contributed by atoms with E-state index in [1.54, 1.807) is 0 Å². The zero-order valence-corrected chi connectivity index (χ0v) is 12.0. The molecule has 8 nitrogen and oxygen atoms in total. The Kier molecular flexibility index (Phi) is 4.13. The van der Waals surface area contributed by atoms with Gasteiger partial charge in [0.2, 0.25) is 5.82 Å². The van der Waals surface area contributed by atoms with E-state index >= 15 is 0 Å². The third kappa shape index (κ3) is 3.31. The first-order valence-electron chi connectivity index (χ1n) is 5.99. The lowest BCUT2D eigenvalue weighted by Crippen LogP contribution is -2.06. The number of hydrogen-bond acceptors (Lipinski definition) is 7. The van der Waals surface area contributed by atoms with Crippen molar-refractivity contribution >= 4 is 33.9 Å². The van der Waals surface area contributed by atoms with E-state index in [9.17, 15) is 14.9 Å². The Balaban J connectivity index is 2.38. The molecule has 110 valence electrons. The molecule has 2 rings (SSSR count). The van der Waals surface area contributed by atoms with Crippen LogP contribution in [0.4, 0.5) is 16.6 Å². The zero-order chi connectivity index (χ0) is 15.6. The third-order valence-electron chi connectivity index (χ3n) is 2.63.